The zero-order chi connectivity index (χ0) is 26.9. The number of hydrogen-bond acceptors (Lipinski definition) is 6. The van der Waals surface area contributed by atoms with Crippen LogP contribution in [0.15, 0.2) is 90.4 Å². The van der Waals surface area contributed by atoms with Crippen molar-refractivity contribution in [2.75, 3.05) is 0 Å². The predicted octanol–water partition coefficient (Wildman–Crippen LogP) is 3.05. The van der Waals surface area contributed by atoms with E-state index in [0.717, 1.165) is 5.56 Å². The summed E-state index contributed by atoms with van der Waals surface area (Å²) in [5.41, 5.74) is 2.88. The largest absolute Gasteiger partial charge is 0.342 e. The molecule has 0 saturated carbocycles. The Balaban J connectivity index is 1.47. The maximum absolute atomic E-state index is 14.1. The van der Waals surface area contributed by atoms with Crippen LogP contribution in [0.4, 0.5) is 0 Å². The Morgan fingerprint density at radius 1 is 1.00 bits per heavy atom. The van der Waals surface area contributed by atoms with Gasteiger partial charge in [-0.05, 0) is 37.3 Å². The lowest BCUT2D eigenvalue weighted by Crippen LogP contribution is -2.33. The van der Waals surface area contributed by atoms with E-state index in [2.05, 4.69) is 32.3 Å². The van der Waals surface area contributed by atoms with Gasteiger partial charge in [0.15, 0.2) is 5.65 Å². The van der Waals surface area contributed by atoms with Crippen LogP contribution >= 0.6 is 0 Å². The summed E-state index contributed by atoms with van der Waals surface area (Å²) in [5, 5.41) is 11.7. The topological polar surface area (TPSA) is 112 Å². The van der Waals surface area contributed by atoms with Crippen molar-refractivity contribution in [3.8, 4) is 17.5 Å². The zero-order valence-electron chi connectivity index (χ0n) is 21.1. The van der Waals surface area contributed by atoms with E-state index in [9.17, 15) is 9.59 Å². The second-order valence-electron chi connectivity index (χ2n) is 8.94. The molecular formula is C29H22N8O2. The van der Waals surface area contributed by atoms with Crippen LogP contribution in [-0.4, -0.2) is 39.8 Å². The molecule has 1 N–H and O–H groups in total. The summed E-state index contributed by atoms with van der Waals surface area (Å²) in [6.45, 7) is 1.79. The van der Waals surface area contributed by atoms with Crippen LogP contribution in [0.25, 0.3) is 22.2 Å². The average Bonchev–Trinajstić information content (AvgIpc) is 3.58. The van der Waals surface area contributed by atoms with Crippen molar-refractivity contribution in [2.45, 2.75) is 13.0 Å². The Labute approximate surface area is 222 Å². The van der Waals surface area contributed by atoms with E-state index in [4.69, 9.17) is 4.98 Å². The van der Waals surface area contributed by atoms with E-state index in [1.165, 1.54) is 15.3 Å². The van der Waals surface area contributed by atoms with Crippen LogP contribution in [-0.2, 0) is 7.05 Å². The molecule has 10 nitrogen and oxygen atoms in total. The van der Waals surface area contributed by atoms with Crippen LogP contribution in [0.1, 0.15) is 40.3 Å². The van der Waals surface area contributed by atoms with E-state index in [1.807, 2.05) is 43.4 Å². The molecule has 2 aromatic carbocycles. The molecule has 0 saturated heterocycles. The summed E-state index contributed by atoms with van der Waals surface area (Å²) >= 11 is 0. The van der Waals surface area contributed by atoms with Crippen LogP contribution in [0.5, 0.6) is 0 Å². The quantitative estimate of drug-likeness (QED) is 0.362. The maximum atomic E-state index is 14.1. The Morgan fingerprint density at radius 3 is 2.64 bits per heavy atom. The molecule has 39 heavy (non-hydrogen) atoms. The lowest BCUT2D eigenvalue weighted by molar-refractivity contribution is 0.0939. The average molecular weight is 515 g/mol. The number of benzene rings is 2. The molecule has 4 heterocycles. The van der Waals surface area contributed by atoms with Gasteiger partial charge in [-0.15, -0.1) is 0 Å². The number of aryl methyl sites for hydroxylation is 1. The normalized spacial score (nSPS) is 11.7. The van der Waals surface area contributed by atoms with Crippen molar-refractivity contribution >= 4 is 22.5 Å². The molecule has 0 aliphatic carbocycles. The van der Waals surface area contributed by atoms with E-state index >= 15 is 0 Å². The number of carbonyl (C=O) groups excluding carboxylic acids is 1. The first kappa shape index (κ1) is 23.8. The van der Waals surface area contributed by atoms with E-state index < -0.39 is 6.04 Å². The third-order valence-corrected chi connectivity index (χ3v) is 6.24. The second kappa shape index (κ2) is 9.72. The van der Waals surface area contributed by atoms with Crippen molar-refractivity contribution in [3.05, 3.63) is 118 Å². The molecule has 0 aliphatic rings. The van der Waals surface area contributed by atoms with Gasteiger partial charge in [0.25, 0.3) is 11.5 Å². The molecule has 1 amide bonds. The number of carbonyl (C=O) groups is 1. The molecule has 0 unspecified atom stereocenters. The molecule has 0 radical (unpaired) electrons. The molecule has 4 aromatic heterocycles. The number of amides is 1. The summed E-state index contributed by atoms with van der Waals surface area (Å²) in [6, 6.07) is 15.7. The van der Waals surface area contributed by atoms with Gasteiger partial charge in [-0.2, -0.15) is 10.2 Å². The van der Waals surface area contributed by atoms with Crippen molar-refractivity contribution in [2.24, 2.45) is 7.05 Å². The van der Waals surface area contributed by atoms with E-state index in [1.54, 1.807) is 54.6 Å². The molecule has 6 aromatic rings. The van der Waals surface area contributed by atoms with Crippen molar-refractivity contribution < 1.29 is 4.79 Å². The number of fused-ring (bicyclic) bond motifs is 2. The van der Waals surface area contributed by atoms with Crippen molar-refractivity contribution in [1.82, 2.24) is 39.2 Å². The summed E-state index contributed by atoms with van der Waals surface area (Å²) < 4.78 is 4.72. The lowest BCUT2D eigenvalue weighted by Gasteiger charge is -2.20. The zero-order valence-corrected chi connectivity index (χ0v) is 21.1. The van der Waals surface area contributed by atoms with Gasteiger partial charge in [0.05, 0.1) is 40.6 Å². The molecule has 0 bridgehead atoms. The summed E-state index contributed by atoms with van der Waals surface area (Å²) in [4.78, 5) is 36.4. The Bertz CT molecular complexity index is 1980. The smallest absolute Gasteiger partial charge is 0.267 e. The molecule has 1 atom stereocenters. The molecule has 0 spiro atoms. The van der Waals surface area contributed by atoms with Gasteiger partial charge < -0.3 is 5.32 Å². The SMILES string of the molecule is C[C@@H](NC(=O)c1cnn2cccnc12)c1nc2cccc(C#Cc3cnn(C)c3)c2c(=O)n1-c1ccccc1. The number of nitrogens with one attached hydrogen (secondary N) is 1. The van der Waals surface area contributed by atoms with E-state index in [-0.39, 0.29) is 11.5 Å². The van der Waals surface area contributed by atoms with Crippen LogP contribution < -0.4 is 10.9 Å². The monoisotopic (exact) mass is 514 g/mol. The number of nitrogens with zero attached hydrogens (tertiary/aromatic N) is 7. The van der Waals surface area contributed by atoms with Gasteiger partial charge in [0, 0.05) is 31.2 Å². The van der Waals surface area contributed by atoms with Crippen molar-refractivity contribution in [1.29, 1.82) is 0 Å². The molecule has 6 rings (SSSR count). The molecule has 190 valence electrons. The first-order chi connectivity index (χ1) is 19.0. The van der Waals surface area contributed by atoms with Gasteiger partial charge >= 0.3 is 0 Å². The Kier molecular flexibility index (Phi) is 5.93. The highest BCUT2D eigenvalue weighted by Gasteiger charge is 2.22. The van der Waals surface area contributed by atoms with Gasteiger partial charge in [-0.25, -0.2) is 14.5 Å². The fraction of sp³-hybridized carbons (Fsp3) is 0.103. The number of aromatic nitrogens is 7. The highest BCUT2D eigenvalue weighted by molar-refractivity contribution is 5.99. The minimum Gasteiger partial charge on any atom is -0.342 e. The fourth-order valence-corrected chi connectivity index (χ4v) is 4.42. The van der Waals surface area contributed by atoms with Gasteiger partial charge in [-0.1, -0.05) is 36.1 Å². The molecule has 0 aliphatic heterocycles. The Morgan fingerprint density at radius 2 is 1.85 bits per heavy atom. The van der Waals surface area contributed by atoms with Crippen LogP contribution in [0.2, 0.25) is 0 Å². The van der Waals surface area contributed by atoms with Gasteiger partial charge in [0.1, 0.15) is 11.4 Å². The highest BCUT2D eigenvalue weighted by Crippen LogP contribution is 2.21. The summed E-state index contributed by atoms with van der Waals surface area (Å²) in [6.07, 6.45) is 8.26. The molecule has 0 fully saturated rings. The van der Waals surface area contributed by atoms with E-state index in [0.29, 0.717) is 39.2 Å². The van der Waals surface area contributed by atoms with Crippen LogP contribution in [0, 0.1) is 11.8 Å². The minimum atomic E-state index is -0.626. The first-order valence-corrected chi connectivity index (χ1v) is 12.2. The maximum Gasteiger partial charge on any atom is 0.267 e. The minimum absolute atomic E-state index is 0.281. The third-order valence-electron chi connectivity index (χ3n) is 6.24. The molecular weight excluding hydrogens is 492 g/mol. The number of hydrogen-bond donors (Lipinski definition) is 1. The molecule has 10 heteroatoms. The fourth-order valence-electron chi connectivity index (χ4n) is 4.42. The summed E-state index contributed by atoms with van der Waals surface area (Å²) in [5.74, 6) is 6.19. The standard InChI is InChI=1S/C29H22N8O2/c1-19(33-28(38)23-17-32-36-15-7-14-30-27(23)36)26-34-24-11-6-8-21(13-12-20-16-31-35(2)18-20)25(24)29(39)37(26)22-9-4-3-5-10-22/h3-11,14-19H,1-2H3,(H,33,38)/t19-/m1/s1. The lowest BCUT2D eigenvalue weighted by atomic mass is 10.1. The first-order valence-electron chi connectivity index (χ1n) is 12.2. The second-order valence-corrected chi connectivity index (χ2v) is 8.94. The number of para-hydroxylation sites is 1. The van der Waals surface area contributed by atoms with Gasteiger partial charge in [0.2, 0.25) is 0 Å². The third kappa shape index (κ3) is 4.42. The number of rotatable bonds is 4. The summed E-state index contributed by atoms with van der Waals surface area (Å²) in [7, 11) is 1.82. The van der Waals surface area contributed by atoms with Gasteiger partial charge in [-0.3, -0.25) is 18.8 Å². The van der Waals surface area contributed by atoms with Crippen LogP contribution in [0.3, 0.4) is 0 Å². The predicted molar refractivity (Wildman–Crippen MR) is 145 cm³/mol. The highest BCUT2D eigenvalue weighted by atomic mass is 16.2. The van der Waals surface area contributed by atoms with Crippen molar-refractivity contribution in [3.63, 3.8) is 0 Å². The Hall–Kier alpha value is -5.56.